The third kappa shape index (κ3) is 5.56. The van der Waals surface area contributed by atoms with E-state index in [1.807, 2.05) is 43.1 Å². The summed E-state index contributed by atoms with van der Waals surface area (Å²) in [4.78, 5) is 25.8. The van der Waals surface area contributed by atoms with E-state index in [0.29, 0.717) is 5.92 Å². The van der Waals surface area contributed by atoms with Crippen LogP contribution in [-0.4, -0.2) is 50.1 Å². The van der Waals surface area contributed by atoms with Crippen LogP contribution in [-0.2, 0) is 4.79 Å². The molecule has 1 aliphatic heterocycles. The number of anilines is 1. The smallest absolute Gasteiger partial charge is 0.319 e. The summed E-state index contributed by atoms with van der Waals surface area (Å²) >= 11 is 0. The number of carbonyl (C=O) groups is 2. The summed E-state index contributed by atoms with van der Waals surface area (Å²) in [5.41, 5.74) is 1.80. The molecule has 0 bridgehead atoms. The summed E-state index contributed by atoms with van der Waals surface area (Å²) in [5.74, 6) is 0.619. The van der Waals surface area contributed by atoms with Gasteiger partial charge in [0.25, 0.3) is 0 Å². The van der Waals surface area contributed by atoms with Gasteiger partial charge >= 0.3 is 6.03 Å². The molecule has 23 heavy (non-hydrogen) atoms. The second-order valence-electron chi connectivity index (χ2n) is 6.06. The lowest BCUT2D eigenvalue weighted by Crippen LogP contribution is -2.45. The lowest BCUT2D eigenvalue weighted by atomic mass is 9.97. The number of hydrogen-bond donors (Lipinski definition) is 3. The van der Waals surface area contributed by atoms with Crippen molar-refractivity contribution in [2.24, 2.45) is 5.92 Å². The maximum atomic E-state index is 12.1. The fraction of sp³-hybridized carbons (Fsp3) is 0.529. The largest absolute Gasteiger partial charge is 0.341 e. The molecule has 1 aromatic rings. The predicted molar refractivity (Wildman–Crippen MR) is 91.4 cm³/mol. The molecule has 2 rings (SSSR count). The molecule has 0 spiro atoms. The summed E-state index contributed by atoms with van der Waals surface area (Å²) < 4.78 is 0. The Morgan fingerprint density at radius 3 is 2.65 bits per heavy atom. The van der Waals surface area contributed by atoms with Gasteiger partial charge in [0.1, 0.15) is 0 Å². The van der Waals surface area contributed by atoms with E-state index in [1.54, 1.807) is 0 Å². The zero-order valence-corrected chi connectivity index (χ0v) is 13.9. The van der Waals surface area contributed by atoms with Gasteiger partial charge in [-0.3, -0.25) is 4.79 Å². The van der Waals surface area contributed by atoms with E-state index in [4.69, 9.17) is 0 Å². The van der Waals surface area contributed by atoms with Gasteiger partial charge in [-0.25, -0.2) is 4.79 Å². The van der Waals surface area contributed by atoms with Crippen molar-refractivity contribution in [3.63, 3.8) is 0 Å². The van der Waals surface area contributed by atoms with Crippen molar-refractivity contribution in [3.8, 4) is 0 Å². The Kier molecular flexibility index (Phi) is 6.40. The van der Waals surface area contributed by atoms with Crippen LogP contribution >= 0.6 is 0 Å². The molecule has 1 saturated heterocycles. The number of rotatable bonds is 5. The van der Waals surface area contributed by atoms with E-state index in [0.717, 1.165) is 43.7 Å². The minimum atomic E-state index is -0.353. The number of carbonyl (C=O) groups excluding carboxylic acids is 2. The van der Waals surface area contributed by atoms with Crippen LogP contribution in [0.3, 0.4) is 0 Å². The molecule has 1 heterocycles. The summed E-state index contributed by atoms with van der Waals surface area (Å²) in [6, 6.07) is 7.19. The van der Waals surface area contributed by atoms with Gasteiger partial charge in [0.15, 0.2) is 0 Å². The molecule has 0 atom stereocenters. The van der Waals surface area contributed by atoms with E-state index in [2.05, 4.69) is 16.0 Å². The van der Waals surface area contributed by atoms with Crippen LogP contribution in [0.5, 0.6) is 0 Å². The number of nitrogens with zero attached hydrogens (tertiary/aromatic N) is 1. The standard InChI is InChI=1S/C17H26N4O2/c1-13-4-3-5-15(10-13)20-17(23)19-12-16(22)21-8-6-14(7-9-21)11-18-2/h3-5,10,14,18H,6-9,11-12H2,1-2H3,(H2,19,20,23). The summed E-state index contributed by atoms with van der Waals surface area (Å²) in [6.07, 6.45) is 2.03. The van der Waals surface area contributed by atoms with Crippen molar-refractivity contribution >= 4 is 17.6 Å². The number of aryl methyl sites for hydroxylation is 1. The maximum Gasteiger partial charge on any atom is 0.319 e. The van der Waals surface area contributed by atoms with Gasteiger partial charge in [0.05, 0.1) is 6.54 Å². The van der Waals surface area contributed by atoms with Crippen molar-refractivity contribution in [1.82, 2.24) is 15.5 Å². The molecule has 0 aliphatic carbocycles. The van der Waals surface area contributed by atoms with Crippen molar-refractivity contribution in [1.29, 1.82) is 0 Å². The Hall–Kier alpha value is -2.08. The van der Waals surface area contributed by atoms with Crippen molar-refractivity contribution in [2.45, 2.75) is 19.8 Å². The third-order valence-electron chi connectivity index (χ3n) is 4.14. The Morgan fingerprint density at radius 2 is 2.00 bits per heavy atom. The lowest BCUT2D eigenvalue weighted by molar-refractivity contribution is -0.131. The number of benzene rings is 1. The van der Waals surface area contributed by atoms with Gasteiger partial charge in [0.2, 0.25) is 5.91 Å². The molecule has 0 aromatic heterocycles. The van der Waals surface area contributed by atoms with E-state index < -0.39 is 0 Å². The van der Waals surface area contributed by atoms with E-state index in [1.165, 1.54) is 0 Å². The number of amides is 3. The quantitative estimate of drug-likeness (QED) is 0.771. The minimum absolute atomic E-state index is 0.0210. The maximum absolute atomic E-state index is 12.1. The topological polar surface area (TPSA) is 73.5 Å². The molecular weight excluding hydrogens is 292 g/mol. The normalized spacial score (nSPS) is 15.3. The molecule has 126 valence electrons. The zero-order chi connectivity index (χ0) is 16.7. The Bertz CT molecular complexity index is 539. The van der Waals surface area contributed by atoms with Crippen LogP contribution in [0.1, 0.15) is 18.4 Å². The molecular formula is C17H26N4O2. The summed E-state index contributed by atoms with van der Waals surface area (Å²) in [5, 5.41) is 8.55. The molecule has 0 radical (unpaired) electrons. The molecule has 6 nitrogen and oxygen atoms in total. The Labute approximate surface area is 137 Å². The van der Waals surface area contributed by atoms with Gasteiger partial charge < -0.3 is 20.9 Å². The van der Waals surface area contributed by atoms with Crippen LogP contribution in [0.4, 0.5) is 10.5 Å². The predicted octanol–water partition coefficient (Wildman–Crippen LogP) is 1.57. The van der Waals surface area contributed by atoms with Gasteiger partial charge in [0, 0.05) is 18.8 Å². The van der Waals surface area contributed by atoms with Crippen LogP contribution in [0.15, 0.2) is 24.3 Å². The summed E-state index contributed by atoms with van der Waals surface area (Å²) in [6.45, 7) is 4.54. The van der Waals surface area contributed by atoms with Crippen LogP contribution in [0, 0.1) is 12.8 Å². The Morgan fingerprint density at radius 1 is 1.26 bits per heavy atom. The second kappa shape index (κ2) is 8.53. The SMILES string of the molecule is CNCC1CCN(C(=O)CNC(=O)Nc2cccc(C)c2)CC1. The number of likely N-dealkylation sites (tertiary alicyclic amines) is 1. The molecule has 3 N–H and O–H groups in total. The highest BCUT2D eigenvalue weighted by Gasteiger charge is 2.22. The van der Waals surface area contributed by atoms with Gasteiger partial charge in [-0.05, 0) is 57.0 Å². The first-order chi connectivity index (χ1) is 11.1. The highest BCUT2D eigenvalue weighted by atomic mass is 16.2. The van der Waals surface area contributed by atoms with Crippen LogP contribution in [0.2, 0.25) is 0 Å². The Balaban J connectivity index is 1.71. The average molecular weight is 318 g/mol. The van der Waals surface area contributed by atoms with Crippen molar-refractivity contribution in [3.05, 3.63) is 29.8 Å². The lowest BCUT2D eigenvalue weighted by Gasteiger charge is -2.32. The molecule has 6 heteroatoms. The van der Waals surface area contributed by atoms with E-state index >= 15 is 0 Å². The fourth-order valence-electron chi connectivity index (χ4n) is 2.84. The molecule has 0 unspecified atom stereocenters. The van der Waals surface area contributed by atoms with Crippen molar-refractivity contribution < 1.29 is 9.59 Å². The van der Waals surface area contributed by atoms with E-state index in [9.17, 15) is 9.59 Å². The third-order valence-corrected chi connectivity index (χ3v) is 4.14. The number of nitrogens with one attached hydrogen (secondary N) is 3. The first-order valence-corrected chi connectivity index (χ1v) is 8.12. The fourth-order valence-corrected chi connectivity index (χ4v) is 2.84. The monoisotopic (exact) mass is 318 g/mol. The summed E-state index contributed by atoms with van der Waals surface area (Å²) in [7, 11) is 1.95. The van der Waals surface area contributed by atoms with Gasteiger partial charge in [-0.2, -0.15) is 0 Å². The number of piperidine rings is 1. The molecule has 1 fully saturated rings. The average Bonchev–Trinajstić information content (AvgIpc) is 2.54. The van der Waals surface area contributed by atoms with Gasteiger partial charge in [-0.1, -0.05) is 12.1 Å². The van der Waals surface area contributed by atoms with Crippen LogP contribution < -0.4 is 16.0 Å². The van der Waals surface area contributed by atoms with Gasteiger partial charge in [-0.15, -0.1) is 0 Å². The van der Waals surface area contributed by atoms with Crippen molar-refractivity contribution in [2.75, 3.05) is 38.5 Å². The first-order valence-electron chi connectivity index (χ1n) is 8.12. The highest BCUT2D eigenvalue weighted by molar-refractivity contribution is 5.92. The zero-order valence-electron chi connectivity index (χ0n) is 13.9. The molecule has 1 aromatic carbocycles. The number of urea groups is 1. The van der Waals surface area contributed by atoms with Crippen LogP contribution in [0.25, 0.3) is 0 Å². The second-order valence-corrected chi connectivity index (χ2v) is 6.06. The number of hydrogen-bond acceptors (Lipinski definition) is 3. The molecule has 0 saturated carbocycles. The first kappa shape index (κ1) is 17.3. The minimum Gasteiger partial charge on any atom is -0.341 e. The van der Waals surface area contributed by atoms with E-state index in [-0.39, 0.29) is 18.5 Å². The molecule has 1 aliphatic rings. The highest BCUT2D eigenvalue weighted by Crippen LogP contribution is 2.16. The molecule has 3 amide bonds.